The quantitative estimate of drug-likeness (QED) is 0.394. The van der Waals surface area contributed by atoms with Gasteiger partial charge in [0.1, 0.15) is 5.75 Å². The molecular weight excluding hydrogens is 452 g/mol. The van der Waals surface area contributed by atoms with Gasteiger partial charge in [-0.1, -0.05) is 0 Å². The van der Waals surface area contributed by atoms with Crippen molar-refractivity contribution in [3.05, 3.63) is 42.0 Å². The molecule has 10 nitrogen and oxygen atoms in total. The first-order chi connectivity index (χ1) is 15.9. The molecule has 33 heavy (non-hydrogen) atoms. The summed E-state index contributed by atoms with van der Waals surface area (Å²) in [5.74, 6) is 0.593. The Balaban J connectivity index is 2.27. The van der Waals surface area contributed by atoms with E-state index in [0.29, 0.717) is 25.6 Å². The van der Waals surface area contributed by atoms with Crippen LogP contribution in [-0.4, -0.2) is 68.6 Å². The average molecular weight is 483 g/mol. The van der Waals surface area contributed by atoms with Gasteiger partial charge in [-0.3, -0.25) is 9.52 Å². The molecule has 0 saturated carbocycles. The van der Waals surface area contributed by atoms with Gasteiger partial charge in [0.25, 0.3) is 15.9 Å². The summed E-state index contributed by atoms with van der Waals surface area (Å²) < 4.78 is 54.5. The van der Waals surface area contributed by atoms with Crippen molar-refractivity contribution in [2.45, 2.75) is 11.8 Å². The number of nitrogens with one attached hydrogen (secondary N) is 2. The van der Waals surface area contributed by atoms with Crippen LogP contribution in [0.5, 0.6) is 17.2 Å². The number of methoxy groups -OCH3 is 3. The summed E-state index contributed by atoms with van der Waals surface area (Å²) in [7, 11) is 0.406. The van der Waals surface area contributed by atoms with E-state index in [4.69, 9.17) is 23.7 Å². The second-order valence-electron chi connectivity index (χ2n) is 6.62. The lowest BCUT2D eigenvalue weighted by atomic mass is 10.1. The Morgan fingerprint density at radius 1 is 0.939 bits per heavy atom. The number of rotatable bonds is 14. The summed E-state index contributed by atoms with van der Waals surface area (Å²) in [5, 5.41) is 2.70. The highest BCUT2D eigenvalue weighted by molar-refractivity contribution is 7.92. The Morgan fingerprint density at radius 2 is 1.61 bits per heavy atom. The largest absolute Gasteiger partial charge is 0.494 e. The molecule has 182 valence electrons. The smallest absolute Gasteiger partial charge is 0.261 e. The van der Waals surface area contributed by atoms with Gasteiger partial charge in [0.15, 0.2) is 11.5 Å². The van der Waals surface area contributed by atoms with Gasteiger partial charge in [-0.15, -0.1) is 0 Å². The van der Waals surface area contributed by atoms with Gasteiger partial charge in [-0.2, -0.15) is 0 Å². The van der Waals surface area contributed by atoms with Crippen molar-refractivity contribution in [3.63, 3.8) is 0 Å². The average Bonchev–Trinajstić information content (AvgIpc) is 2.81. The number of benzene rings is 2. The molecule has 2 aromatic rings. The molecule has 0 aliphatic rings. The van der Waals surface area contributed by atoms with Gasteiger partial charge in [0.2, 0.25) is 0 Å². The number of amides is 1. The molecule has 0 aromatic heterocycles. The Hall–Kier alpha value is -3.02. The van der Waals surface area contributed by atoms with Gasteiger partial charge in [0.05, 0.1) is 56.8 Å². The maximum absolute atomic E-state index is 13.0. The molecule has 0 unspecified atom stereocenters. The second-order valence-corrected chi connectivity index (χ2v) is 8.31. The molecule has 0 aliphatic carbocycles. The third-order valence-corrected chi connectivity index (χ3v) is 5.80. The maximum atomic E-state index is 13.0. The summed E-state index contributed by atoms with van der Waals surface area (Å²) in [6, 6.07) is 8.77. The fourth-order valence-electron chi connectivity index (χ4n) is 2.81. The molecule has 0 saturated heterocycles. The Bertz CT molecular complexity index is 1010. The normalized spacial score (nSPS) is 11.0. The van der Waals surface area contributed by atoms with Crippen LogP contribution >= 0.6 is 0 Å². The summed E-state index contributed by atoms with van der Waals surface area (Å²) in [6.07, 6.45) is 0. The third-order valence-electron chi connectivity index (χ3n) is 4.42. The molecule has 2 rings (SSSR count). The zero-order valence-electron chi connectivity index (χ0n) is 19.2. The number of hydrogen-bond acceptors (Lipinski definition) is 8. The summed E-state index contributed by atoms with van der Waals surface area (Å²) in [4.78, 5) is 12.8. The third kappa shape index (κ3) is 7.52. The lowest BCUT2D eigenvalue weighted by Crippen LogP contribution is -2.29. The van der Waals surface area contributed by atoms with Crippen molar-refractivity contribution in [2.75, 3.05) is 59.0 Å². The molecule has 0 radical (unpaired) electrons. The molecule has 1 amide bonds. The van der Waals surface area contributed by atoms with Crippen LogP contribution in [0.4, 0.5) is 5.69 Å². The van der Waals surface area contributed by atoms with E-state index in [1.807, 2.05) is 6.92 Å². The van der Waals surface area contributed by atoms with Crippen molar-refractivity contribution in [3.8, 4) is 17.2 Å². The van der Waals surface area contributed by atoms with Crippen LogP contribution in [0.15, 0.2) is 41.3 Å². The fraction of sp³-hybridized carbons (Fsp3) is 0.409. The molecule has 0 bridgehead atoms. The number of ether oxygens (including phenoxy) is 5. The molecule has 0 heterocycles. The molecule has 0 spiro atoms. The van der Waals surface area contributed by atoms with Crippen LogP contribution in [0.1, 0.15) is 17.3 Å². The fourth-order valence-corrected chi connectivity index (χ4v) is 3.88. The van der Waals surface area contributed by atoms with E-state index in [1.165, 1.54) is 38.5 Å². The van der Waals surface area contributed by atoms with Crippen molar-refractivity contribution >= 4 is 21.6 Å². The van der Waals surface area contributed by atoms with Crippen molar-refractivity contribution in [2.24, 2.45) is 0 Å². The number of carbonyl (C=O) groups excluding carboxylic acids is 1. The first kappa shape index (κ1) is 26.2. The van der Waals surface area contributed by atoms with Crippen molar-refractivity contribution in [1.82, 2.24) is 5.32 Å². The summed E-state index contributed by atoms with van der Waals surface area (Å²) >= 11 is 0. The molecule has 0 atom stereocenters. The predicted octanol–water partition coefficient (Wildman–Crippen LogP) is 2.30. The molecule has 0 fully saturated rings. The zero-order chi connectivity index (χ0) is 24.3. The molecular formula is C22H30N2O8S. The number of sulfonamides is 1. The second kappa shape index (κ2) is 12.9. The molecule has 11 heteroatoms. The number of carbonyl (C=O) groups is 1. The van der Waals surface area contributed by atoms with E-state index < -0.39 is 15.9 Å². The van der Waals surface area contributed by atoms with Crippen LogP contribution in [-0.2, 0) is 19.5 Å². The monoisotopic (exact) mass is 482 g/mol. The maximum Gasteiger partial charge on any atom is 0.261 e. The van der Waals surface area contributed by atoms with Gasteiger partial charge >= 0.3 is 0 Å². The van der Waals surface area contributed by atoms with Gasteiger partial charge in [-0.25, -0.2) is 8.42 Å². The highest BCUT2D eigenvalue weighted by Crippen LogP contribution is 2.34. The van der Waals surface area contributed by atoms with Crippen molar-refractivity contribution < 1.29 is 36.9 Å². The Labute approximate surface area is 194 Å². The minimum atomic E-state index is -4.00. The first-order valence-electron chi connectivity index (χ1n) is 10.2. The standard InChI is InChI=1S/C22H30N2O8S/c1-5-32-16-6-8-17(9-7-16)33(26,27)24-19-15-21(30-4)20(29-3)14-18(19)22(25)23-10-11-31-13-12-28-2/h6-9,14-15,24H,5,10-13H2,1-4H3,(H,23,25). The number of hydrogen-bond donors (Lipinski definition) is 2. The van der Waals surface area contributed by atoms with E-state index in [1.54, 1.807) is 19.2 Å². The first-order valence-corrected chi connectivity index (χ1v) is 11.7. The highest BCUT2D eigenvalue weighted by atomic mass is 32.2. The van der Waals surface area contributed by atoms with E-state index >= 15 is 0 Å². The van der Waals surface area contributed by atoms with Crippen LogP contribution in [0.25, 0.3) is 0 Å². The SMILES string of the molecule is CCOc1ccc(S(=O)(=O)Nc2cc(OC)c(OC)cc2C(=O)NCCOCCOC)cc1. The van der Waals surface area contributed by atoms with E-state index in [2.05, 4.69) is 10.0 Å². The Kier molecular flexibility index (Phi) is 10.2. The van der Waals surface area contributed by atoms with Crippen molar-refractivity contribution in [1.29, 1.82) is 0 Å². The summed E-state index contributed by atoms with van der Waals surface area (Å²) in [5.41, 5.74) is 0.110. The minimum absolute atomic E-state index is 0.0126. The van der Waals surface area contributed by atoms with Crippen LogP contribution < -0.4 is 24.2 Å². The van der Waals surface area contributed by atoms with Gasteiger partial charge < -0.3 is 29.0 Å². The number of anilines is 1. The van der Waals surface area contributed by atoms with E-state index in [9.17, 15) is 13.2 Å². The summed E-state index contributed by atoms with van der Waals surface area (Å²) in [6.45, 7) is 3.64. The predicted molar refractivity (Wildman–Crippen MR) is 123 cm³/mol. The lowest BCUT2D eigenvalue weighted by molar-refractivity contribution is 0.0693. The van der Waals surface area contributed by atoms with Gasteiger partial charge in [0, 0.05) is 19.7 Å². The minimum Gasteiger partial charge on any atom is -0.494 e. The topological polar surface area (TPSA) is 121 Å². The molecule has 2 aromatic carbocycles. The van der Waals surface area contributed by atoms with Crippen LogP contribution in [0, 0.1) is 0 Å². The van der Waals surface area contributed by atoms with E-state index in [0.717, 1.165) is 0 Å². The molecule has 0 aliphatic heterocycles. The van der Waals surface area contributed by atoms with E-state index in [-0.39, 0.29) is 40.8 Å². The van der Waals surface area contributed by atoms with Crippen LogP contribution in [0.2, 0.25) is 0 Å². The van der Waals surface area contributed by atoms with Gasteiger partial charge in [-0.05, 0) is 37.3 Å². The highest BCUT2D eigenvalue weighted by Gasteiger charge is 2.22. The zero-order valence-corrected chi connectivity index (χ0v) is 20.0. The van der Waals surface area contributed by atoms with Crippen LogP contribution in [0.3, 0.4) is 0 Å². The Morgan fingerprint density at radius 3 is 2.21 bits per heavy atom. The molecule has 2 N–H and O–H groups in total. The lowest BCUT2D eigenvalue weighted by Gasteiger charge is -2.16.